The van der Waals surface area contributed by atoms with E-state index >= 15 is 0 Å². The molecule has 28 heavy (non-hydrogen) atoms. The van der Waals surface area contributed by atoms with Crippen LogP contribution in [0.1, 0.15) is 32.6 Å². The number of carbonyl (C=O) groups excluding carboxylic acids is 3. The summed E-state index contributed by atoms with van der Waals surface area (Å²) < 4.78 is 0. The van der Waals surface area contributed by atoms with Crippen molar-refractivity contribution in [3.05, 3.63) is 24.3 Å². The van der Waals surface area contributed by atoms with E-state index in [1.165, 1.54) is 11.8 Å². The molecule has 2 aliphatic heterocycles. The zero-order chi connectivity index (χ0) is 19.9. The van der Waals surface area contributed by atoms with Crippen LogP contribution in [0.25, 0.3) is 0 Å². The minimum atomic E-state index is -0.405. The van der Waals surface area contributed by atoms with Gasteiger partial charge in [0.2, 0.25) is 17.7 Å². The Morgan fingerprint density at radius 3 is 2.71 bits per heavy atom. The highest BCUT2D eigenvalue weighted by atomic mass is 32.2. The predicted octanol–water partition coefficient (Wildman–Crippen LogP) is 1.60. The lowest BCUT2D eigenvalue weighted by atomic mass is 10.0. The molecule has 152 valence electrons. The van der Waals surface area contributed by atoms with Gasteiger partial charge in [0, 0.05) is 37.0 Å². The van der Waals surface area contributed by atoms with E-state index in [0.29, 0.717) is 13.1 Å². The number of likely N-dealkylation sites (tertiary alicyclic amines) is 1. The van der Waals surface area contributed by atoms with Gasteiger partial charge in [-0.05, 0) is 31.4 Å². The number of anilines is 1. The zero-order valence-corrected chi connectivity index (χ0v) is 17.0. The van der Waals surface area contributed by atoms with Crippen LogP contribution in [-0.4, -0.2) is 60.1 Å². The number of nitrogens with one attached hydrogen (secondary N) is 3. The Labute approximate surface area is 170 Å². The third kappa shape index (κ3) is 5.72. The number of piperidine rings is 1. The molecule has 3 N–H and O–H groups in total. The first-order chi connectivity index (χ1) is 13.5. The van der Waals surface area contributed by atoms with Crippen LogP contribution < -0.4 is 16.0 Å². The van der Waals surface area contributed by atoms with Gasteiger partial charge in [-0.1, -0.05) is 19.1 Å². The Balaban J connectivity index is 1.40. The summed E-state index contributed by atoms with van der Waals surface area (Å²) in [6, 6.07) is 7.73. The summed E-state index contributed by atoms with van der Waals surface area (Å²) in [4.78, 5) is 39.6. The number of carbonyl (C=O) groups is 3. The summed E-state index contributed by atoms with van der Waals surface area (Å²) in [5, 5.41) is 8.42. The summed E-state index contributed by atoms with van der Waals surface area (Å²) in [7, 11) is 0. The van der Waals surface area contributed by atoms with Gasteiger partial charge in [0.25, 0.3) is 0 Å². The number of para-hydroxylation sites is 1. The molecule has 1 unspecified atom stereocenters. The quantitative estimate of drug-likeness (QED) is 0.642. The molecule has 0 saturated carbocycles. The molecular weight excluding hydrogens is 376 g/mol. The summed E-state index contributed by atoms with van der Waals surface area (Å²) in [5.41, 5.74) is 0.810. The standard InChI is InChI=1S/C20H28N4O3S/c1-2-9-21-19(26)13-24-10-7-14(8-11-24)22-18(25)12-17-20(27)23-15-5-3-4-6-16(15)28-17/h3-6,14,17H,2,7-13H2,1H3,(H,21,26)(H,22,25)(H,23,27). The van der Waals surface area contributed by atoms with Crippen molar-refractivity contribution in [2.45, 2.75) is 48.8 Å². The topological polar surface area (TPSA) is 90.5 Å². The molecule has 0 aliphatic carbocycles. The minimum Gasteiger partial charge on any atom is -0.355 e. The molecule has 2 heterocycles. The van der Waals surface area contributed by atoms with E-state index in [2.05, 4.69) is 20.9 Å². The van der Waals surface area contributed by atoms with Gasteiger partial charge in [0.05, 0.1) is 17.5 Å². The van der Waals surface area contributed by atoms with E-state index < -0.39 is 5.25 Å². The van der Waals surface area contributed by atoms with Crippen molar-refractivity contribution in [2.75, 3.05) is 31.5 Å². The number of fused-ring (bicyclic) bond motifs is 1. The van der Waals surface area contributed by atoms with Crippen molar-refractivity contribution in [1.82, 2.24) is 15.5 Å². The van der Waals surface area contributed by atoms with E-state index in [-0.39, 0.29) is 30.2 Å². The first-order valence-corrected chi connectivity index (χ1v) is 10.8. The maximum atomic E-state index is 12.4. The fraction of sp³-hybridized carbons (Fsp3) is 0.550. The normalized spacial score (nSPS) is 20.2. The number of rotatable bonds is 7. The van der Waals surface area contributed by atoms with Crippen LogP contribution in [0.5, 0.6) is 0 Å². The Bertz CT molecular complexity index is 719. The van der Waals surface area contributed by atoms with Gasteiger partial charge in [-0.3, -0.25) is 19.3 Å². The lowest BCUT2D eigenvalue weighted by Gasteiger charge is -2.32. The Hall–Kier alpha value is -2.06. The average Bonchev–Trinajstić information content (AvgIpc) is 2.68. The van der Waals surface area contributed by atoms with Gasteiger partial charge in [-0.2, -0.15) is 0 Å². The van der Waals surface area contributed by atoms with E-state index in [9.17, 15) is 14.4 Å². The average molecular weight is 405 g/mol. The third-order valence-corrected chi connectivity index (χ3v) is 6.24. The number of thioether (sulfide) groups is 1. The lowest BCUT2D eigenvalue weighted by molar-refractivity contribution is -0.125. The number of amides is 3. The van der Waals surface area contributed by atoms with E-state index in [4.69, 9.17) is 0 Å². The summed E-state index contributed by atoms with van der Waals surface area (Å²) in [6.45, 7) is 4.73. The molecule has 0 aromatic heterocycles. The van der Waals surface area contributed by atoms with Crippen molar-refractivity contribution in [3.8, 4) is 0 Å². The maximum absolute atomic E-state index is 12.4. The molecule has 1 fully saturated rings. The highest BCUT2D eigenvalue weighted by Gasteiger charge is 2.30. The highest BCUT2D eigenvalue weighted by Crippen LogP contribution is 2.36. The van der Waals surface area contributed by atoms with Gasteiger partial charge < -0.3 is 16.0 Å². The second-order valence-electron chi connectivity index (χ2n) is 7.26. The Morgan fingerprint density at radius 1 is 1.21 bits per heavy atom. The molecule has 3 amide bonds. The number of benzene rings is 1. The fourth-order valence-corrected chi connectivity index (χ4v) is 4.55. The van der Waals surface area contributed by atoms with Crippen molar-refractivity contribution >= 4 is 35.2 Å². The van der Waals surface area contributed by atoms with Crippen molar-refractivity contribution in [1.29, 1.82) is 0 Å². The summed E-state index contributed by atoms with van der Waals surface area (Å²) in [6.07, 6.45) is 2.74. The molecule has 0 bridgehead atoms. The molecule has 1 saturated heterocycles. The van der Waals surface area contributed by atoms with Crippen LogP contribution in [-0.2, 0) is 14.4 Å². The maximum Gasteiger partial charge on any atom is 0.238 e. The molecule has 1 aromatic rings. The van der Waals surface area contributed by atoms with E-state index in [1.54, 1.807) is 0 Å². The van der Waals surface area contributed by atoms with Gasteiger partial charge in [-0.25, -0.2) is 0 Å². The van der Waals surface area contributed by atoms with Crippen molar-refractivity contribution < 1.29 is 14.4 Å². The monoisotopic (exact) mass is 404 g/mol. The number of hydrogen-bond acceptors (Lipinski definition) is 5. The first-order valence-electron chi connectivity index (χ1n) is 9.90. The largest absolute Gasteiger partial charge is 0.355 e. The van der Waals surface area contributed by atoms with E-state index in [1.807, 2.05) is 31.2 Å². The summed E-state index contributed by atoms with van der Waals surface area (Å²) in [5.74, 6) is -0.150. The van der Waals surface area contributed by atoms with Crippen molar-refractivity contribution in [3.63, 3.8) is 0 Å². The number of hydrogen-bond donors (Lipinski definition) is 3. The molecule has 1 atom stereocenters. The van der Waals surface area contributed by atoms with Crippen LogP contribution in [0.4, 0.5) is 5.69 Å². The lowest BCUT2D eigenvalue weighted by Crippen LogP contribution is -2.48. The number of nitrogens with zero attached hydrogens (tertiary/aromatic N) is 1. The van der Waals surface area contributed by atoms with Crippen molar-refractivity contribution in [2.24, 2.45) is 0 Å². The zero-order valence-electron chi connectivity index (χ0n) is 16.2. The molecule has 7 nitrogen and oxygen atoms in total. The highest BCUT2D eigenvalue weighted by molar-refractivity contribution is 8.01. The van der Waals surface area contributed by atoms with Crippen LogP contribution in [0.3, 0.4) is 0 Å². The SMILES string of the molecule is CCCNC(=O)CN1CCC(NC(=O)CC2Sc3ccccc3NC2=O)CC1. The molecule has 3 rings (SSSR count). The second-order valence-corrected chi connectivity index (χ2v) is 8.51. The van der Waals surface area contributed by atoms with Crippen LogP contribution in [0, 0.1) is 0 Å². The van der Waals surface area contributed by atoms with Crippen LogP contribution in [0.2, 0.25) is 0 Å². The van der Waals surface area contributed by atoms with Gasteiger partial charge in [0.1, 0.15) is 0 Å². The van der Waals surface area contributed by atoms with Gasteiger partial charge in [0.15, 0.2) is 0 Å². The molecule has 2 aliphatic rings. The molecule has 1 aromatic carbocycles. The molecule has 0 spiro atoms. The van der Waals surface area contributed by atoms with E-state index in [0.717, 1.165) is 42.9 Å². The smallest absolute Gasteiger partial charge is 0.238 e. The third-order valence-electron chi connectivity index (χ3n) is 4.97. The Morgan fingerprint density at radius 2 is 1.96 bits per heavy atom. The minimum absolute atomic E-state index is 0.0601. The molecule has 0 radical (unpaired) electrons. The van der Waals surface area contributed by atoms with Crippen LogP contribution in [0.15, 0.2) is 29.2 Å². The van der Waals surface area contributed by atoms with Gasteiger partial charge >= 0.3 is 0 Å². The predicted molar refractivity (Wildman–Crippen MR) is 110 cm³/mol. The first kappa shape index (κ1) is 20.7. The van der Waals surface area contributed by atoms with Gasteiger partial charge in [-0.15, -0.1) is 11.8 Å². The molecule has 8 heteroatoms. The Kier molecular flexibility index (Phi) is 7.33. The van der Waals surface area contributed by atoms with Crippen LogP contribution >= 0.6 is 11.8 Å². The second kappa shape index (κ2) is 9.93. The summed E-state index contributed by atoms with van der Waals surface area (Å²) >= 11 is 1.44. The molecular formula is C20H28N4O3S. The fourth-order valence-electron chi connectivity index (χ4n) is 3.44.